The molecule has 0 radical (unpaired) electrons. The monoisotopic (exact) mass is 474 g/mol. The van der Waals surface area contributed by atoms with Crippen LogP contribution in [0.3, 0.4) is 0 Å². The molecule has 180 valence electrons. The fourth-order valence-corrected chi connectivity index (χ4v) is 5.60. The molecule has 0 aliphatic carbocycles. The van der Waals surface area contributed by atoms with Gasteiger partial charge in [0.1, 0.15) is 11.5 Å². The molecule has 1 fully saturated rings. The Morgan fingerprint density at radius 2 is 1.55 bits per heavy atom. The number of benzene rings is 2. The summed E-state index contributed by atoms with van der Waals surface area (Å²) in [6.45, 7) is 7.11. The van der Waals surface area contributed by atoms with Crippen LogP contribution in [0.4, 0.5) is 0 Å². The Kier molecular flexibility index (Phi) is 8.91. The first-order valence-electron chi connectivity index (χ1n) is 11.1. The fourth-order valence-electron chi connectivity index (χ4n) is 3.81. The molecule has 2 atom stereocenters. The summed E-state index contributed by atoms with van der Waals surface area (Å²) >= 11 is 0. The second-order valence-corrected chi connectivity index (χ2v) is 10.0. The predicted molar refractivity (Wildman–Crippen MR) is 129 cm³/mol. The van der Waals surface area contributed by atoms with E-state index in [1.54, 1.807) is 20.3 Å². The normalized spacial score (nSPS) is 17.3. The first-order chi connectivity index (χ1) is 15.9. The van der Waals surface area contributed by atoms with Crippen molar-refractivity contribution in [2.24, 2.45) is 0 Å². The third kappa shape index (κ3) is 6.57. The Labute approximate surface area is 197 Å². The van der Waals surface area contributed by atoms with Gasteiger partial charge >= 0.3 is 0 Å². The van der Waals surface area contributed by atoms with Crippen LogP contribution < -0.4 is 9.47 Å². The lowest BCUT2D eigenvalue weighted by Gasteiger charge is -2.34. The van der Waals surface area contributed by atoms with Gasteiger partial charge in [-0.15, -0.1) is 6.58 Å². The number of ether oxygens (including phenoxy) is 3. The first-order valence-corrected chi connectivity index (χ1v) is 12.5. The molecule has 0 amide bonds. The summed E-state index contributed by atoms with van der Waals surface area (Å²) in [5.41, 5.74) is 1.74. The smallest absolute Gasteiger partial charge is 0.283 e. The third-order valence-corrected chi connectivity index (χ3v) is 7.85. The molecular weight excluding hydrogens is 440 g/mol. The van der Waals surface area contributed by atoms with Crippen molar-refractivity contribution in [3.05, 3.63) is 72.3 Å². The van der Waals surface area contributed by atoms with E-state index in [2.05, 4.69) is 6.58 Å². The average molecular weight is 475 g/mol. The molecule has 0 N–H and O–H groups in total. The summed E-state index contributed by atoms with van der Waals surface area (Å²) in [6, 6.07) is 14.5. The summed E-state index contributed by atoms with van der Waals surface area (Å²) in [7, 11) is -0.624. The van der Waals surface area contributed by atoms with E-state index in [9.17, 15) is 8.42 Å². The molecular formula is C25H34N2O5S. The van der Waals surface area contributed by atoms with Crippen LogP contribution in [-0.2, 0) is 28.0 Å². The largest absolute Gasteiger partial charge is 0.497 e. The van der Waals surface area contributed by atoms with Crippen LogP contribution in [0.5, 0.6) is 11.5 Å². The van der Waals surface area contributed by atoms with Crippen molar-refractivity contribution in [3.63, 3.8) is 0 Å². The molecule has 1 aliphatic heterocycles. The Hall–Kier alpha value is -2.39. The van der Waals surface area contributed by atoms with E-state index in [4.69, 9.17) is 14.2 Å². The van der Waals surface area contributed by atoms with Gasteiger partial charge in [-0.3, -0.25) is 0 Å². The van der Waals surface area contributed by atoms with Crippen molar-refractivity contribution in [2.75, 3.05) is 27.4 Å². The molecule has 2 aromatic rings. The summed E-state index contributed by atoms with van der Waals surface area (Å²) in [5.74, 6) is 1.45. The van der Waals surface area contributed by atoms with Crippen molar-refractivity contribution < 1.29 is 22.6 Å². The van der Waals surface area contributed by atoms with E-state index < -0.39 is 10.2 Å². The number of methoxy groups -OCH3 is 2. The van der Waals surface area contributed by atoms with E-state index in [1.807, 2.05) is 55.5 Å². The highest BCUT2D eigenvalue weighted by Gasteiger charge is 2.35. The van der Waals surface area contributed by atoms with Gasteiger partial charge in [0.25, 0.3) is 10.2 Å². The minimum absolute atomic E-state index is 0.106. The van der Waals surface area contributed by atoms with E-state index in [0.717, 1.165) is 35.5 Å². The molecule has 0 spiro atoms. The second kappa shape index (κ2) is 11.7. The quantitative estimate of drug-likeness (QED) is 0.435. The molecule has 7 nitrogen and oxygen atoms in total. The molecule has 2 unspecified atom stereocenters. The topological polar surface area (TPSA) is 68.3 Å². The second-order valence-electron chi connectivity index (χ2n) is 8.15. The average Bonchev–Trinajstić information content (AvgIpc) is 3.36. The van der Waals surface area contributed by atoms with Crippen molar-refractivity contribution in [1.29, 1.82) is 0 Å². The van der Waals surface area contributed by atoms with Gasteiger partial charge in [0.15, 0.2) is 0 Å². The molecule has 0 saturated carbocycles. The van der Waals surface area contributed by atoms with Crippen LogP contribution in [-0.4, -0.2) is 56.5 Å². The van der Waals surface area contributed by atoms with Crippen molar-refractivity contribution >= 4 is 10.2 Å². The van der Waals surface area contributed by atoms with Gasteiger partial charge in [0.2, 0.25) is 0 Å². The van der Waals surface area contributed by atoms with Crippen molar-refractivity contribution in [1.82, 2.24) is 8.61 Å². The predicted octanol–water partition coefficient (Wildman–Crippen LogP) is 4.01. The van der Waals surface area contributed by atoms with Crippen LogP contribution >= 0.6 is 0 Å². The van der Waals surface area contributed by atoms with Crippen molar-refractivity contribution in [3.8, 4) is 11.5 Å². The molecule has 1 saturated heterocycles. The minimum Gasteiger partial charge on any atom is -0.497 e. The zero-order valence-electron chi connectivity index (χ0n) is 19.6. The summed E-state index contributed by atoms with van der Waals surface area (Å²) in [6.07, 6.45) is 3.35. The maximum atomic E-state index is 14.0. The Morgan fingerprint density at radius 3 is 1.94 bits per heavy atom. The van der Waals surface area contributed by atoms with Crippen molar-refractivity contribution in [2.45, 2.75) is 45.0 Å². The van der Waals surface area contributed by atoms with E-state index in [1.165, 1.54) is 8.61 Å². The highest BCUT2D eigenvalue weighted by atomic mass is 32.2. The van der Waals surface area contributed by atoms with Gasteiger partial charge in [0.05, 0.1) is 20.3 Å². The fraction of sp³-hybridized carbons (Fsp3) is 0.440. The van der Waals surface area contributed by atoms with E-state index in [-0.39, 0.29) is 25.2 Å². The van der Waals surface area contributed by atoms with Crippen LogP contribution in [0.25, 0.3) is 0 Å². The summed E-state index contributed by atoms with van der Waals surface area (Å²) in [4.78, 5) is 0. The highest BCUT2D eigenvalue weighted by molar-refractivity contribution is 7.86. The Bertz CT molecular complexity index is 937. The van der Waals surface area contributed by atoms with Gasteiger partial charge in [-0.2, -0.15) is 17.0 Å². The standard InChI is InChI=1S/C25H34N2O5S/c1-5-20(2)27(19-25-7-6-16-32-25)33(28,29)26(17-21-8-12-23(30-3)13-9-21)18-22-10-14-24(31-4)15-11-22/h5,8-15,20,25H,1,6-7,16-19H2,2-4H3. The highest BCUT2D eigenvalue weighted by Crippen LogP contribution is 2.24. The zero-order chi connectivity index (χ0) is 23.8. The van der Waals surface area contributed by atoms with Crippen LogP contribution in [0.2, 0.25) is 0 Å². The van der Waals surface area contributed by atoms with Crippen LogP contribution in [0.1, 0.15) is 30.9 Å². The van der Waals surface area contributed by atoms with Gasteiger partial charge in [-0.25, -0.2) is 0 Å². The third-order valence-electron chi connectivity index (χ3n) is 5.86. The molecule has 2 aromatic carbocycles. The van der Waals surface area contributed by atoms with E-state index >= 15 is 0 Å². The van der Waals surface area contributed by atoms with Crippen LogP contribution in [0, 0.1) is 0 Å². The van der Waals surface area contributed by atoms with E-state index in [0.29, 0.717) is 13.2 Å². The maximum absolute atomic E-state index is 14.0. The van der Waals surface area contributed by atoms with Crippen LogP contribution in [0.15, 0.2) is 61.2 Å². The zero-order valence-corrected chi connectivity index (χ0v) is 20.5. The molecule has 0 bridgehead atoms. The minimum atomic E-state index is -3.84. The molecule has 8 heteroatoms. The number of hydrogen-bond donors (Lipinski definition) is 0. The molecule has 3 rings (SSSR count). The SMILES string of the molecule is C=CC(C)N(CC1CCCO1)S(=O)(=O)N(Cc1ccc(OC)cc1)Cc1ccc(OC)cc1. The lowest BCUT2D eigenvalue weighted by molar-refractivity contribution is 0.0884. The number of rotatable bonds is 12. The lowest BCUT2D eigenvalue weighted by Crippen LogP contribution is -2.49. The van der Waals surface area contributed by atoms with Gasteiger partial charge in [-0.1, -0.05) is 30.3 Å². The Balaban J connectivity index is 1.92. The summed E-state index contributed by atoms with van der Waals surface area (Å²) in [5, 5.41) is 0. The molecule has 33 heavy (non-hydrogen) atoms. The first kappa shape index (κ1) is 25.2. The molecule has 1 aliphatic rings. The molecule has 0 aromatic heterocycles. The van der Waals surface area contributed by atoms with Gasteiger partial charge in [-0.05, 0) is 55.2 Å². The number of nitrogens with zero attached hydrogens (tertiary/aromatic N) is 2. The molecule has 1 heterocycles. The lowest BCUT2D eigenvalue weighted by atomic mass is 10.2. The Morgan fingerprint density at radius 1 is 1.03 bits per heavy atom. The van der Waals surface area contributed by atoms with Gasteiger partial charge < -0.3 is 14.2 Å². The number of hydrogen-bond acceptors (Lipinski definition) is 5. The summed E-state index contributed by atoms with van der Waals surface area (Å²) < 4.78 is 47.2. The maximum Gasteiger partial charge on any atom is 0.283 e. The van der Waals surface area contributed by atoms with Gasteiger partial charge in [0, 0.05) is 32.3 Å².